The lowest BCUT2D eigenvalue weighted by molar-refractivity contribution is -0.121. The summed E-state index contributed by atoms with van der Waals surface area (Å²) >= 11 is 0. The normalized spacial score (nSPS) is 21.9. The Balaban J connectivity index is 1.74. The average molecular weight is 276 g/mol. The predicted molar refractivity (Wildman–Crippen MR) is 79.6 cm³/mol. The van der Waals surface area contributed by atoms with Crippen molar-refractivity contribution >= 4 is 5.91 Å². The van der Waals surface area contributed by atoms with Gasteiger partial charge in [0.2, 0.25) is 5.91 Å². The SMILES string of the molecule is Cc1ccc(CCC(=O)NCC2CNCC2O)c(C)c1. The van der Waals surface area contributed by atoms with E-state index in [0.29, 0.717) is 19.5 Å². The number of hydrogen-bond donors (Lipinski definition) is 3. The molecular weight excluding hydrogens is 252 g/mol. The molecule has 0 radical (unpaired) electrons. The number of aliphatic hydroxyl groups excluding tert-OH is 1. The molecule has 0 aliphatic carbocycles. The van der Waals surface area contributed by atoms with E-state index in [2.05, 4.69) is 42.7 Å². The maximum Gasteiger partial charge on any atom is 0.220 e. The average Bonchev–Trinajstić information content (AvgIpc) is 2.81. The third-order valence-electron chi connectivity index (χ3n) is 3.99. The minimum Gasteiger partial charge on any atom is -0.391 e. The number of amides is 1. The summed E-state index contributed by atoms with van der Waals surface area (Å²) in [7, 11) is 0. The number of carbonyl (C=O) groups is 1. The zero-order valence-electron chi connectivity index (χ0n) is 12.3. The van der Waals surface area contributed by atoms with Crippen molar-refractivity contribution in [1.82, 2.24) is 10.6 Å². The zero-order chi connectivity index (χ0) is 14.5. The van der Waals surface area contributed by atoms with Crippen molar-refractivity contribution in [2.75, 3.05) is 19.6 Å². The van der Waals surface area contributed by atoms with Crippen LogP contribution in [0.1, 0.15) is 23.1 Å². The van der Waals surface area contributed by atoms with Crippen LogP contribution >= 0.6 is 0 Å². The van der Waals surface area contributed by atoms with Gasteiger partial charge in [-0.15, -0.1) is 0 Å². The summed E-state index contributed by atoms with van der Waals surface area (Å²) in [5, 5.41) is 15.7. The van der Waals surface area contributed by atoms with Crippen LogP contribution in [0.4, 0.5) is 0 Å². The first-order valence-corrected chi connectivity index (χ1v) is 7.28. The van der Waals surface area contributed by atoms with Crippen molar-refractivity contribution in [2.24, 2.45) is 5.92 Å². The molecule has 1 amide bonds. The second-order valence-electron chi connectivity index (χ2n) is 5.72. The Morgan fingerprint density at radius 3 is 2.85 bits per heavy atom. The molecule has 20 heavy (non-hydrogen) atoms. The standard InChI is InChI=1S/C16H24N2O2/c1-11-3-4-13(12(2)7-11)5-6-16(20)18-9-14-8-17-10-15(14)19/h3-4,7,14-15,17,19H,5-6,8-10H2,1-2H3,(H,18,20). The van der Waals surface area contributed by atoms with E-state index in [0.717, 1.165) is 13.0 Å². The minimum absolute atomic E-state index is 0.0593. The van der Waals surface area contributed by atoms with Crippen molar-refractivity contribution in [3.05, 3.63) is 34.9 Å². The fourth-order valence-electron chi connectivity index (χ4n) is 2.64. The molecule has 4 heteroatoms. The van der Waals surface area contributed by atoms with Crippen LogP contribution in [0.3, 0.4) is 0 Å². The summed E-state index contributed by atoms with van der Waals surface area (Å²) in [5.74, 6) is 0.198. The maximum absolute atomic E-state index is 11.8. The Morgan fingerprint density at radius 1 is 1.40 bits per heavy atom. The van der Waals surface area contributed by atoms with Gasteiger partial charge in [0.15, 0.2) is 0 Å². The van der Waals surface area contributed by atoms with Gasteiger partial charge in [0.05, 0.1) is 6.10 Å². The van der Waals surface area contributed by atoms with Crippen molar-refractivity contribution in [3.8, 4) is 0 Å². The van der Waals surface area contributed by atoms with Gasteiger partial charge >= 0.3 is 0 Å². The summed E-state index contributed by atoms with van der Waals surface area (Å²) < 4.78 is 0. The highest BCUT2D eigenvalue weighted by atomic mass is 16.3. The van der Waals surface area contributed by atoms with E-state index in [-0.39, 0.29) is 17.9 Å². The molecule has 2 atom stereocenters. The van der Waals surface area contributed by atoms with E-state index in [1.807, 2.05) is 0 Å². The smallest absolute Gasteiger partial charge is 0.220 e. The van der Waals surface area contributed by atoms with Gasteiger partial charge in [0.1, 0.15) is 0 Å². The first-order valence-electron chi connectivity index (χ1n) is 7.28. The molecule has 1 aromatic carbocycles. The Hall–Kier alpha value is -1.39. The summed E-state index contributed by atoms with van der Waals surface area (Å²) in [6.45, 7) is 6.12. The van der Waals surface area contributed by atoms with Crippen LogP contribution in [0.15, 0.2) is 18.2 Å². The lowest BCUT2D eigenvalue weighted by Gasteiger charge is -2.14. The van der Waals surface area contributed by atoms with E-state index in [4.69, 9.17) is 0 Å². The molecule has 1 aliphatic heterocycles. The van der Waals surface area contributed by atoms with Crippen LogP contribution in [0, 0.1) is 19.8 Å². The number of aliphatic hydroxyl groups is 1. The minimum atomic E-state index is -0.338. The lowest BCUT2D eigenvalue weighted by atomic mass is 10.0. The molecule has 1 heterocycles. The van der Waals surface area contributed by atoms with Crippen LogP contribution < -0.4 is 10.6 Å². The Kier molecular flexibility index (Phi) is 5.15. The first kappa shape index (κ1) is 15.0. The molecule has 110 valence electrons. The number of carbonyl (C=O) groups excluding carboxylic acids is 1. The second kappa shape index (κ2) is 6.86. The van der Waals surface area contributed by atoms with E-state index in [1.165, 1.54) is 16.7 Å². The molecule has 2 rings (SSSR count). The van der Waals surface area contributed by atoms with Gasteiger partial charge in [0.25, 0.3) is 0 Å². The molecule has 0 bridgehead atoms. The fourth-order valence-corrected chi connectivity index (χ4v) is 2.64. The number of benzene rings is 1. The van der Waals surface area contributed by atoms with Crippen molar-refractivity contribution in [2.45, 2.75) is 32.8 Å². The Bertz CT molecular complexity index is 474. The summed E-state index contributed by atoms with van der Waals surface area (Å²) in [5.41, 5.74) is 3.72. The van der Waals surface area contributed by atoms with Crippen LogP contribution in [0.2, 0.25) is 0 Å². The molecule has 1 saturated heterocycles. The molecule has 1 aliphatic rings. The van der Waals surface area contributed by atoms with Crippen LogP contribution in [0.5, 0.6) is 0 Å². The van der Waals surface area contributed by atoms with Gasteiger partial charge in [-0.05, 0) is 31.4 Å². The molecule has 0 saturated carbocycles. The number of hydrogen-bond acceptors (Lipinski definition) is 3. The van der Waals surface area contributed by atoms with Crippen LogP contribution in [-0.4, -0.2) is 36.8 Å². The van der Waals surface area contributed by atoms with Crippen molar-refractivity contribution in [1.29, 1.82) is 0 Å². The van der Waals surface area contributed by atoms with Gasteiger partial charge in [0, 0.05) is 32.0 Å². The van der Waals surface area contributed by atoms with Gasteiger partial charge in [-0.2, -0.15) is 0 Å². The second-order valence-corrected chi connectivity index (χ2v) is 5.72. The fraction of sp³-hybridized carbons (Fsp3) is 0.562. The first-order chi connectivity index (χ1) is 9.56. The third-order valence-corrected chi connectivity index (χ3v) is 3.99. The quantitative estimate of drug-likeness (QED) is 0.750. The summed E-state index contributed by atoms with van der Waals surface area (Å²) in [6, 6.07) is 6.33. The maximum atomic E-state index is 11.8. The van der Waals surface area contributed by atoms with E-state index < -0.39 is 0 Å². The molecule has 1 aromatic rings. The summed E-state index contributed by atoms with van der Waals surface area (Å²) in [4.78, 5) is 11.8. The molecule has 0 spiro atoms. The monoisotopic (exact) mass is 276 g/mol. The Labute approximate surface area is 120 Å². The number of aryl methyl sites for hydroxylation is 3. The number of nitrogens with one attached hydrogen (secondary N) is 2. The van der Waals surface area contributed by atoms with E-state index >= 15 is 0 Å². The van der Waals surface area contributed by atoms with E-state index in [1.54, 1.807) is 0 Å². The van der Waals surface area contributed by atoms with Gasteiger partial charge in [-0.25, -0.2) is 0 Å². The van der Waals surface area contributed by atoms with Gasteiger partial charge in [-0.3, -0.25) is 4.79 Å². The molecular formula is C16H24N2O2. The van der Waals surface area contributed by atoms with Crippen LogP contribution in [-0.2, 0) is 11.2 Å². The highest BCUT2D eigenvalue weighted by Gasteiger charge is 2.24. The van der Waals surface area contributed by atoms with Crippen LogP contribution in [0.25, 0.3) is 0 Å². The molecule has 3 N–H and O–H groups in total. The van der Waals surface area contributed by atoms with Gasteiger partial charge < -0.3 is 15.7 Å². The molecule has 1 fully saturated rings. The zero-order valence-corrected chi connectivity index (χ0v) is 12.3. The Morgan fingerprint density at radius 2 is 2.20 bits per heavy atom. The lowest BCUT2D eigenvalue weighted by Crippen LogP contribution is -2.34. The number of rotatable bonds is 5. The van der Waals surface area contributed by atoms with Gasteiger partial charge in [-0.1, -0.05) is 23.8 Å². The third kappa shape index (κ3) is 4.05. The van der Waals surface area contributed by atoms with E-state index in [9.17, 15) is 9.90 Å². The molecule has 4 nitrogen and oxygen atoms in total. The largest absolute Gasteiger partial charge is 0.391 e. The highest BCUT2D eigenvalue weighted by Crippen LogP contribution is 2.12. The highest BCUT2D eigenvalue weighted by molar-refractivity contribution is 5.76. The predicted octanol–water partition coefficient (Wildman–Crippen LogP) is 0.933. The summed E-state index contributed by atoms with van der Waals surface area (Å²) in [6.07, 6.45) is 0.929. The molecule has 2 unspecified atom stereocenters. The topological polar surface area (TPSA) is 61.4 Å². The molecule has 0 aromatic heterocycles. The van der Waals surface area contributed by atoms with Crippen molar-refractivity contribution in [3.63, 3.8) is 0 Å². The number of β-amino-alcohol motifs (C(OH)–C–C–N with tert-alkyl or cyclic N) is 1. The van der Waals surface area contributed by atoms with Crippen molar-refractivity contribution < 1.29 is 9.90 Å².